The van der Waals surface area contributed by atoms with Crippen LogP contribution in [0.1, 0.15) is 6.92 Å². The van der Waals surface area contributed by atoms with Crippen LogP contribution in [-0.2, 0) is 19.4 Å². The van der Waals surface area contributed by atoms with E-state index in [1.54, 1.807) is 31.4 Å². The van der Waals surface area contributed by atoms with E-state index in [1.807, 2.05) is 6.92 Å². The van der Waals surface area contributed by atoms with Gasteiger partial charge in [-0.3, -0.25) is 9.59 Å². The van der Waals surface area contributed by atoms with Gasteiger partial charge >= 0.3 is 0 Å². The van der Waals surface area contributed by atoms with Crippen molar-refractivity contribution in [2.45, 2.75) is 18.3 Å². The smallest absolute Gasteiger partial charge is 0.279 e. The molecule has 0 saturated carbocycles. The predicted molar refractivity (Wildman–Crippen MR) is 103 cm³/mol. The Labute approximate surface area is 164 Å². The maximum Gasteiger partial charge on any atom is 0.279 e. The zero-order valence-electron chi connectivity index (χ0n) is 15.3. The fourth-order valence-corrected chi connectivity index (χ4v) is 5.42. The van der Waals surface area contributed by atoms with Crippen molar-refractivity contribution in [3.63, 3.8) is 0 Å². The molecule has 0 aromatic heterocycles. The third-order valence-corrected chi connectivity index (χ3v) is 6.68. The summed E-state index contributed by atoms with van der Waals surface area (Å²) in [6, 6.07) is 6.41. The van der Waals surface area contributed by atoms with E-state index >= 15 is 0 Å². The Balaban J connectivity index is 1.85. The first kappa shape index (κ1) is 21.5. The molecule has 10 heteroatoms. The van der Waals surface area contributed by atoms with Gasteiger partial charge in [0, 0.05) is 11.8 Å². The number of rotatable bonds is 8. The minimum absolute atomic E-state index is 0.0577. The van der Waals surface area contributed by atoms with E-state index in [1.165, 1.54) is 0 Å². The van der Waals surface area contributed by atoms with Crippen LogP contribution >= 0.6 is 11.6 Å². The van der Waals surface area contributed by atoms with Crippen LogP contribution < -0.4 is 20.3 Å². The molecule has 0 aliphatic carbocycles. The monoisotopic (exact) mass is 418 g/mol. The summed E-state index contributed by atoms with van der Waals surface area (Å²) in [6.45, 7) is 2.59. The Morgan fingerprint density at radius 2 is 1.96 bits per heavy atom. The van der Waals surface area contributed by atoms with Crippen molar-refractivity contribution < 1.29 is 27.6 Å². The summed E-state index contributed by atoms with van der Waals surface area (Å²) in [5, 5.41) is 4.82. The molecule has 8 nitrogen and oxygen atoms in total. The van der Waals surface area contributed by atoms with E-state index in [2.05, 4.69) is 10.6 Å². The van der Waals surface area contributed by atoms with Gasteiger partial charge in [-0.2, -0.15) is 0 Å². The molecule has 1 saturated heterocycles. The highest BCUT2D eigenvalue weighted by Crippen LogP contribution is 2.18. The molecular weight excluding hydrogens is 394 g/mol. The predicted octanol–water partition coefficient (Wildman–Crippen LogP) is -0.941. The molecule has 2 rings (SSSR count). The number of hydrogen-bond acceptors (Lipinski definition) is 5. The van der Waals surface area contributed by atoms with E-state index < -0.39 is 21.3 Å². The molecular formula is C17H25ClN3O5S+. The molecule has 2 amide bonds. The second-order valence-corrected chi connectivity index (χ2v) is 9.22. The second kappa shape index (κ2) is 9.38. The first-order chi connectivity index (χ1) is 12.7. The van der Waals surface area contributed by atoms with Crippen LogP contribution in [0.25, 0.3) is 0 Å². The molecule has 3 atom stereocenters. The van der Waals surface area contributed by atoms with E-state index in [-0.39, 0.29) is 36.4 Å². The van der Waals surface area contributed by atoms with Gasteiger partial charge in [0.15, 0.2) is 22.9 Å². The highest BCUT2D eigenvalue weighted by molar-refractivity contribution is 7.91. The molecule has 1 aromatic rings. The number of halogens is 1. The summed E-state index contributed by atoms with van der Waals surface area (Å²) < 4.78 is 28.3. The molecule has 1 aliphatic heterocycles. The average molecular weight is 419 g/mol. The largest absolute Gasteiger partial charge is 0.497 e. The Morgan fingerprint density at radius 1 is 1.26 bits per heavy atom. The van der Waals surface area contributed by atoms with Crippen LogP contribution in [0.5, 0.6) is 5.75 Å². The van der Waals surface area contributed by atoms with E-state index in [0.717, 1.165) is 4.90 Å². The zero-order valence-corrected chi connectivity index (χ0v) is 16.9. The SMILES string of the molecule is CC[NH+](CC(=O)Nc1cccc(OC)c1)CC(=O)N[C@@H]1CS(=O)(=O)C[C@@H]1Cl. The number of anilines is 1. The molecule has 1 fully saturated rings. The third kappa shape index (κ3) is 6.67. The van der Waals surface area contributed by atoms with Gasteiger partial charge in [0.1, 0.15) is 5.75 Å². The summed E-state index contributed by atoms with van der Waals surface area (Å²) in [5.74, 6) is -0.202. The van der Waals surface area contributed by atoms with Gasteiger partial charge in [0.25, 0.3) is 11.8 Å². The molecule has 150 valence electrons. The third-order valence-electron chi connectivity index (χ3n) is 4.30. The minimum Gasteiger partial charge on any atom is -0.497 e. The second-order valence-electron chi connectivity index (χ2n) is 6.50. The van der Waals surface area contributed by atoms with Crippen molar-refractivity contribution in [3.8, 4) is 5.75 Å². The standard InChI is InChI=1S/C17H24ClN3O5S/c1-3-21(8-16(22)19-12-5-4-6-13(7-12)26-2)9-17(23)20-15-11-27(24,25)10-14(15)18/h4-7,14-15H,3,8-11H2,1-2H3,(H,19,22)(H,20,23)/p+1/t14-,15+/m0/s1. The molecule has 1 aliphatic rings. The first-order valence-corrected chi connectivity index (χ1v) is 10.9. The Hall–Kier alpha value is -1.84. The van der Waals surface area contributed by atoms with Gasteiger partial charge < -0.3 is 20.3 Å². The number of hydrogen-bond donors (Lipinski definition) is 3. The molecule has 0 radical (unpaired) electrons. The van der Waals surface area contributed by atoms with Crippen molar-refractivity contribution in [3.05, 3.63) is 24.3 Å². The van der Waals surface area contributed by atoms with E-state index in [9.17, 15) is 18.0 Å². The molecule has 1 unspecified atom stereocenters. The molecule has 3 N–H and O–H groups in total. The lowest BCUT2D eigenvalue weighted by Gasteiger charge is -2.19. The van der Waals surface area contributed by atoms with Gasteiger partial charge in [0.05, 0.1) is 36.6 Å². The number of carbonyl (C=O) groups excluding carboxylic acids is 2. The van der Waals surface area contributed by atoms with Crippen molar-refractivity contribution >= 4 is 38.9 Å². The lowest BCUT2D eigenvalue weighted by atomic mass is 10.2. The van der Waals surface area contributed by atoms with Crippen LogP contribution in [-0.4, -0.2) is 69.9 Å². The summed E-state index contributed by atoms with van der Waals surface area (Å²) in [7, 11) is -1.67. The number of amides is 2. The van der Waals surface area contributed by atoms with Crippen molar-refractivity contribution in [2.24, 2.45) is 0 Å². The number of benzene rings is 1. The fourth-order valence-electron chi connectivity index (χ4n) is 2.87. The number of sulfone groups is 1. The Bertz CT molecular complexity index is 787. The molecule has 1 heterocycles. The summed E-state index contributed by atoms with van der Waals surface area (Å²) >= 11 is 6.00. The highest BCUT2D eigenvalue weighted by Gasteiger charge is 2.37. The van der Waals surface area contributed by atoms with Crippen molar-refractivity contribution in [1.82, 2.24) is 5.32 Å². The maximum atomic E-state index is 12.2. The number of ether oxygens (including phenoxy) is 1. The highest BCUT2D eigenvalue weighted by atomic mass is 35.5. The first-order valence-electron chi connectivity index (χ1n) is 8.63. The van der Waals surface area contributed by atoms with Gasteiger partial charge in [-0.1, -0.05) is 6.07 Å². The number of carbonyl (C=O) groups is 2. The van der Waals surface area contributed by atoms with Gasteiger partial charge in [0.2, 0.25) is 0 Å². The molecule has 27 heavy (non-hydrogen) atoms. The lowest BCUT2D eigenvalue weighted by molar-refractivity contribution is -0.881. The molecule has 0 bridgehead atoms. The average Bonchev–Trinajstić information content (AvgIpc) is 2.85. The van der Waals surface area contributed by atoms with E-state index in [0.29, 0.717) is 18.0 Å². The number of methoxy groups -OCH3 is 1. The maximum absolute atomic E-state index is 12.2. The van der Waals surface area contributed by atoms with Gasteiger partial charge in [-0.15, -0.1) is 11.6 Å². The summed E-state index contributed by atoms with van der Waals surface area (Å²) in [5.41, 5.74) is 0.611. The van der Waals surface area contributed by atoms with Crippen LogP contribution in [0.2, 0.25) is 0 Å². The minimum atomic E-state index is -3.21. The number of quaternary nitrogens is 1. The Morgan fingerprint density at radius 3 is 2.56 bits per heavy atom. The van der Waals surface area contributed by atoms with Crippen molar-refractivity contribution in [2.75, 3.05) is 43.6 Å². The van der Waals surface area contributed by atoms with Crippen molar-refractivity contribution in [1.29, 1.82) is 0 Å². The van der Waals surface area contributed by atoms with Crippen LogP contribution in [0.3, 0.4) is 0 Å². The summed E-state index contributed by atoms with van der Waals surface area (Å²) in [4.78, 5) is 25.2. The number of alkyl halides is 1. The van der Waals surface area contributed by atoms with Crippen LogP contribution in [0.4, 0.5) is 5.69 Å². The quantitative estimate of drug-likeness (QED) is 0.472. The fraction of sp³-hybridized carbons (Fsp3) is 0.529. The number of likely N-dealkylation sites (N-methyl/N-ethyl adjacent to an activating group) is 1. The van der Waals surface area contributed by atoms with Gasteiger partial charge in [-0.25, -0.2) is 8.42 Å². The van der Waals surface area contributed by atoms with Gasteiger partial charge in [-0.05, 0) is 19.1 Å². The molecule has 0 spiro atoms. The van der Waals surface area contributed by atoms with Crippen LogP contribution in [0.15, 0.2) is 24.3 Å². The summed E-state index contributed by atoms with van der Waals surface area (Å²) in [6.07, 6.45) is 0. The normalized spacial score (nSPS) is 22.0. The zero-order chi connectivity index (χ0) is 20.0. The topological polar surface area (TPSA) is 106 Å². The molecule has 1 aromatic carbocycles. The van der Waals surface area contributed by atoms with E-state index in [4.69, 9.17) is 16.3 Å². The lowest BCUT2D eigenvalue weighted by Crippen LogP contribution is -3.14. The Kier molecular flexibility index (Phi) is 7.46. The number of nitrogens with one attached hydrogen (secondary N) is 3. The van der Waals surface area contributed by atoms with Crippen LogP contribution in [0, 0.1) is 0 Å².